The molecule has 0 atom stereocenters. The number of nitrogens with two attached hydrogens (primary N) is 1. The van der Waals surface area contributed by atoms with Crippen molar-refractivity contribution in [2.45, 2.75) is 19.4 Å². The van der Waals surface area contributed by atoms with E-state index < -0.39 is 11.7 Å². The molecule has 0 aliphatic rings. The number of primary amides is 1. The van der Waals surface area contributed by atoms with Crippen molar-refractivity contribution < 1.29 is 13.9 Å². The molecule has 1 aromatic carbocycles. The van der Waals surface area contributed by atoms with Crippen LogP contribution in [0.15, 0.2) is 49.3 Å². The molecule has 27 heavy (non-hydrogen) atoms. The lowest BCUT2D eigenvalue weighted by atomic mass is 10.3. The Balaban J connectivity index is 1.48. The zero-order valence-electron chi connectivity index (χ0n) is 14.5. The molecule has 3 aromatic rings. The van der Waals surface area contributed by atoms with Gasteiger partial charge in [-0.2, -0.15) is 0 Å². The number of amides is 1. The highest BCUT2D eigenvalue weighted by Gasteiger charge is 2.07. The zero-order valence-corrected chi connectivity index (χ0v) is 14.5. The number of benzene rings is 1. The minimum absolute atomic E-state index is 0.188. The molecule has 3 N–H and O–H groups in total. The Morgan fingerprint density at radius 1 is 1.26 bits per heavy atom. The third-order valence-corrected chi connectivity index (χ3v) is 3.75. The highest BCUT2D eigenvalue weighted by atomic mass is 19.1. The summed E-state index contributed by atoms with van der Waals surface area (Å²) in [4.78, 5) is 22.9. The number of ether oxygens (including phenoxy) is 1. The van der Waals surface area contributed by atoms with Crippen LogP contribution in [0.1, 0.15) is 23.2 Å². The van der Waals surface area contributed by atoms with E-state index in [9.17, 15) is 9.18 Å². The molecule has 0 saturated carbocycles. The average Bonchev–Trinajstić information content (AvgIpc) is 3.17. The maximum Gasteiger partial charge on any atom is 0.251 e. The summed E-state index contributed by atoms with van der Waals surface area (Å²) in [5.41, 5.74) is 5.79. The molecule has 0 aliphatic carbocycles. The van der Waals surface area contributed by atoms with E-state index in [0.29, 0.717) is 12.3 Å². The first-order valence-electron chi connectivity index (χ1n) is 8.39. The number of imidazole rings is 1. The Labute approximate surface area is 155 Å². The summed E-state index contributed by atoms with van der Waals surface area (Å²) in [6, 6.07) is 4.51. The van der Waals surface area contributed by atoms with Gasteiger partial charge >= 0.3 is 0 Å². The van der Waals surface area contributed by atoms with E-state index in [1.807, 2.05) is 10.8 Å². The van der Waals surface area contributed by atoms with Gasteiger partial charge in [-0.05, 0) is 25.0 Å². The molecule has 0 radical (unpaired) electrons. The molecule has 8 nitrogen and oxygen atoms in total. The van der Waals surface area contributed by atoms with Gasteiger partial charge in [-0.25, -0.2) is 19.3 Å². The molecule has 0 saturated heterocycles. The van der Waals surface area contributed by atoms with Crippen LogP contribution in [0.3, 0.4) is 0 Å². The van der Waals surface area contributed by atoms with Gasteiger partial charge in [-0.3, -0.25) is 4.79 Å². The Morgan fingerprint density at radius 3 is 2.74 bits per heavy atom. The molecule has 3 rings (SSSR count). The van der Waals surface area contributed by atoms with Crippen LogP contribution in [0.4, 0.5) is 16.0 Å². The van der Waals surface area contributed by atoms with E-state index in [1.54, 1.807) is 24.7 Å². The topological polar surface area (TPSA) is 108 Å². The average molecular weight is 370 g/mol. The number of aromatic nitrogens is 4. The second-order valence-corrected chi connectivity index (χ2v) is 5.79. The fraction of sp³-hybridized carbons (Fsp3) is 0.222. The van der Waals surface area contributed by atoms with Gasteiger partial charge in [-0.1, -0.05) is 0 Å². The Kier molecular flexibility index (Phi) is 5.93. The first-order valence-corrected chi connectivity index (χ1v) is 8.39. The van der Waals surface area contributed by atoms with Crippen LogP contribution < -0.4 is 15.8 Å². The van der Waals surface area contributed by atoms with Crippen LogP contribution in [0.5, 0.6) is 5.75 Å². The third-order valence-electron chi connectivity index (χ3n) is 3.75. The van der Waals surface area contributed by atoms with Crippen molar-refractivity contribution in [1.29, 1.82) is 0 Å². The summed E-state index contributed by atoms with van der Waals surface area (Å²) in [6.07, 6.45) is 9.71. The normalized spacial score (nSPS) is 10.6. The standard InChI is InChI=1S/C18H19FN6O2/c19-15-9-14(24-18-22-10-13(11-23-18)17(20)26)3-4-16(15)27-8-2-1-6-25-7-5-21-12-25/h3-5,7,9-12H,1-2,6,8H2,(H2,20,26)(H,22,23,24). The lowest BCUT2D eigenvalue weighted by Crippen LogP contribution is -2.12. The highest BCUT2D eigenvalue weighted by Crippen LogP contribution is 2.23. The molecular formula is C18H19FN6O2. The van der Waals surface area contributed by atoms with E-state index in [1.165, 1.54) is 18.5 Å². The molecule has 0 bridgehead atoms. The van der Waals surface area contributed by atoms with Gasteiger partial charge in [0.15, 0.2) is 11.6 Å². The van der Waals surface area contributed by atoms with Crippen molar-refractivity contribution in [1.82, 2.24) is 19.5 Å². The number of hydrogen-bond acceptors (Lipinski definition) is 6. The van der Waals surface area contributed by atoms with Gasteiger partial charge in [0.25, 0.3) is 5.91 Å². The van der Waals surface area contributed by atoms with E-state index >= 15 is 0 Å². The second kappa shape index (κ2) is 8.75. The van der Waals surface area contributed by atoms with Crippen LogP contribution in [0, 0.1) is 5.82 Å². The van der Waals surface area contributed by atoms with Crippen molar-refractivity contribution >= 4 is 17.5 Å². The van der Waals surface area contributed by atoms with Gasteiger partial charge in [0.1, 0.15) is 0 Å². The maximum absolute atomic E-state index is 14.2. The van der Waals surface area contributed by atoms with Crippen LogP contribution in [0.2, 0.25) is 0 Å². The number of nitrogens with zero attached hydrogens (tertiary/aromatic N) is 4. The number of nitrogens with one attached hydrogen (secondary N) is 1. The van der Waals surface area contributed by atoms with Crippen LogP contribution in [0.25, 0.3) is 0 Å². The van der Waals surface area contributed by atoms with Crippen molar-refractivity contribution in [3.05, 3.63) is 60.7 Å². The first kappa shape index (κ1) is 18.3. The summed E-state index contributed by atoms with van der Waals surface area (Å²) in [6.45, 7) is 1.28. The smallest absolute Gasteiger partial charge is 0.251 e. The van der Waals surface area contributed by atoms with Crippen molar-refractivity contribution in [3.63, 3.8) is 0 Å². The molecule has 2 heterocycles. The lowest BCUT2D eigenvalue weighted by molar-refractivity contribution is 0.0999. The number of hydrogen-bond donors (Lipinski definition) is 2. The fourth-order valence-corrected chi connectivity index (χ4v) is 2.34. The van der Waals surface area contributed by atoms with E-state index in [-0.39, 0.29) is 17.3 Å². The molecular weight excluding hydrogens is 351 g/mol. The predicted molar refractivity (Wildman–Crippen MR) is 97.2 cm³/mol. The summed E-state index contributed by atoms with van der Waals surface area (Å²) in [7, 11) is 0. The Morgan fingerprint density at radius 2 is 2.07 bits per heavy atom. The second-order valence-electron chi connectivity index (χ2n) is 5.79. The largest absolute Gasteiger partial charge is 0.491 e. The first-order chi connectivity index (χ1) is 13.1. The van der Waals surface area contributed by atoms with Crippen molar-refractivity contribution in [2.75, 3.05) is 11.9 Å². The van der Waals surface area contributed by atoms with Gasteiger partial charge in [0.05, 0.1) is 18.5 Å². The molecule has 0 spiro atoms. The number of halogens is 1. The maximum atomic E-state index is 14.2. The van der Waals surface area contributed by atoms with E-state index in [2.05, 4.69) is 20.3 Å². The minimum Gasteiger partial charge on any atom is -0.491 e. The van der Waals surface area contributed by atoms with Gasteiger partial charge < -0.3 is 20.4 Å². The van der Waals surface area contributed by atoms with Crippen LogP contribution >= 0.6 is 0 Å². The Hall–Kier alpha value is -3.49. The minimum atomic E-state index is -0.612. The molecule has 2 aromatic heterocycles. The van der Waals surface area contributed by atoms with E-state index in [0.717, 1.165) is 19.4 Å². The van der Waals surface area contributed by atoms with Gasteiger partial charge in [-0.15, -0.1) is 0 Å². The summed E-state index contributed by atoms with van der Waals surface area (Å²) in [5, 5.41) is 2.85. The monoisotopic (exact) mass is 370 g/mol. The SMILES string of the molecule is NC(=O)c1cnc(Nc2ccc(OCCCCn3ccnc3)c(F)c2)nc1. The molecule has 0 unspecified atom stereocenters. The van der Waals surface area contributed by atoms with Crippen molar-refractivity contribution in [3.8, 4) is 5.75 Å². The quantitative estimate of drug-likeness (QED) is 0.560. The number of carbonyl (C=O) groups excluding carboxylic acids is 1. The number of anilines is 2. The zero-order chi connectivity index (χ0) is 19.1. The van der Waals surface area contributed by atoms with E-state index in [4.69, 9.17) is 10.5 Å². The Bertz CT molecular complexity index is 883. The van der Waals surface area contributed by atoms with Crippen molar-refractivity contribution in [2.24, 2.45) is 5.73 Å². The highest BCUT2D eigenvalue weighted by molar-refractivity contribution is 5.92. The number of unbranched alkanes of at least 4 members (excludes halogenated alkanes) is 1. The number of carbonyl (C=O) groups is 1. The molecule has 0 aliphatic heterocycles. The van der Waals surface area contributed by atoms with Crippen LogP contribution in [-0.4, -0.2) is 32.0 Å². The van der Waals surface area contributed by atoms with Gasteiger partial charge in [0, 0.05) is 43.1 Å². The summed E-state index contributed by atoms with van der Waals surface area (Å²) in [5.74, 6) is -0.678. The molecule has 1 amide bonds. The molecule has 9 heteroatoms. The number of rotatable bonds is 9. The molecule has 140 valence electrons. The lowest BCUT2D eigenvalue weighted by Gasteiger charge is -2.10. The summed E-state index contributed by atoms with van der Waals surface area (Å²) < 4.78 is 21.7. The van der Waals surface area contributed by atoms with Gasteiger partial charge in [0.2, 0.25) is 5.95 Å². The fourth-order valence-electron chi connectivity index (χ4n) is 2.34. The predicted octanol–water partition coefficient (Wildman–Crippen LogP) is 2.51. The summed E-state index contributed by atoms with van der Waals surface area (Å²) >= 11 is 0. The van der Waals surface area contributed by atoms with Crippen LogP contribution in [-0.2, 0) is 6.54 Å². The number of aryl methyl sites for hydroxylation is 1. The third kappa shape index (κ3) is 5.24. The molecule has 0 fully saturated rings.